The summed E-state index contributed by atoms with van der Waals surface area (Å²) >= 11 is 3.39. The molecule has 0 unspecified atom stereocenters. The number of carbonyl (C=O) groups is 1. The number of aryl methyl sites for hydroxylation is 1. The molecule has 1 aromatic carbocycles. The van der Waals surface area contributed by atoms with Gasteiger partial charge in [-0.2, -0.15) is 0 Å². The molecule has 0 amide bonds. The van der Waals surface area contributed by atoms with E-state index in [-0.39, 0.29) is 6.42 Å². The summed E-state index contributed by atoms with van der Waals surface area (Å²) in [6.45, 7) is 0.752. The van der Waals surface area contributed by atoms with E-state index in [2.05, 4.69) is 15.9 Å². The van der Waals surface area contributed by atoms with Crippen LogP contribution in [0.1, 0.15) is 24.8 Å². The highest BCUT2D eigenvalue weighted by Gasteiger charge is 2.22. The third-order valence-electron chi connectivity index (χ3n) is 2.80. The van der Waals surface area contributed by atoms with Crippen molar-refractivity contribution in [2.75, 3.05) is 6.61 Å². The number of rotatable bonds is 6. The molecule has 0 saturated heterocycles. The van der Waals surface area contributed by atoms with Gasteiger partial charge in [0.1, 0.15) is 5.75 Å². The zero-order valence-corrected chi connectivity index (χ0v) is 11.1. The van der Waals surface area contributed by atoms with Crippen LogP contribution < -0.4 is 4.74 Å². The molecule has 3 nitrogen and oxygen atoms in total. The number of carboxylic acid groups (broad SMARTS) is 1. The Bertz CT molecular complexity index is 413. The Labute approximate surface area is 109 Å². The first-order valence-electron chi connectivity index (χ1n) is 5.78. The average molecular weight is 299 g/mol. The summed E-state index contributed by atoms with van der Waals surface area (Å²) in [7, 11) is 0. The van der Waals surface area contributed by atoms with Gasteiger partial charge in [0.15, 0.2) is 0 Å². The van der Waals surface area contributed by atoms with E-state index in [4.69, 9.17) is 9.84 Å². The van der Waals surface area contributed by atoms with Crippen LogP contribution in [0.25, 0.3) is 0 Å². The molecule has 0 radical (unpaired) electrons. The van der Waals surface area contributed by atoms with Gasteiger partial charge in [0, 0.05) is 10.9 Å². The van der Waals surface area contributed by atoms with Gasteiger partial charge in [0.25, 0.3) is 0 Å². The second-order valence-corrected chi connectivity index (χ2v) is 5.32. The summed E-state index contributed by atoms with van der Waals surface area (Å²) in [5.74, 6) is 0.741. The van der Waals surface area contributed by atoms with Gasteiger partial charge in [-0.15, -0.1) is 0 Å². The Kier molecular flexibility index (Phi) is 4.05. The molecule has 1 aromatic rings. The minimum Gasteiger partial charge on any atom is -0.493 e. The molecule has 4 heteroatoms. The van der Waals surface area contributed by atoms with E-state index >= 15 is 0 Å². The number of hydrogen-bond donors (Lipinski definition) is 1. The lowest BCUT2D eigenvalue weighted by atomic mass is 10.1. The van der Waals surface area contributed by atoms with Crippen molar-refractivity contribution in [3.63, 3.8) is 0 Å². The Morgan fingerprint density at radius 1 is 1.47 bits per heavy atom. The largest absolute Gasteiger partial charge is 0.493 e. The summed E-state index contributed by atoms with van der Waals surface area (Å²) in [6, 6.07) is 5.77. The molecule has 17 heavy (non-hydrogen) atoms. The molecule has 0 heterocycles. The van der Waals surface area contributed by atoms with E-state index < -0.39 is 5.97 Å². The van der Waals surface area contributed by atoms with Crippen molar-refractivity contribution in [2.24, 2.45) is 5.92 Å². The summed E-state index contributed by atoms with van der Waals surface area (Å²) in [4.78, 5) is 10.6. The molecule has 0 bridgehead atoms. The van der Waals surface area contributed by atoms with Crippen molar-refractivity contribution >= 4 is 21.9 Å². The number of halogens is 1. The standard InChI is InChI=1S/C13H15BrO3/c14-11-4-5-12(17-8-9-1-2-9)10(7-11)3-6-13(15)16/h4-5,7,9H,1-3,6,8H2,(H,15,16). The van der Waals surface area contributed by atoms with Gasteiger partial charge >= 0.3 is 5.97 Å². The van der Waals surface area contributed by atoms with Gasteiger partial charge in [-0.25, -0.2) is 0 Å². The van der Waals surface area contributed by atoms with Crippen LogP contribution in [-0.4, -0.2) is 17.7 Å². The maximum atomic E-state index is 10.6. The predicted octanol–water partition coefficient (Wildman–Crippen LogP) is 3.26. The Morgan fingerprint density at radius 3 is 2.88 bits per heavy atom. The first-order chi connectivity index (χ1) is 8.15. The van der Waals surface area contributed by atoms with E-state index in [0.29, 0.717) is 12.3 Å². The smallest absolute Gasteiger partial charge is 0.303 e. The van der Waals surface area contributed by atoms with Crippen molar-refractivity contribution in [2.45, 2.75) is 25.7 Å². The van der Waals surface area contributed by atoms with E-state index in [1.165, 1.54) is 12.8 Å². The minimum absolute atomic E-state index is 0.135. The maximum absolute atomic E-state index is 10.6. The van der Waals surface area contributed by atoms with Gasteiger partial charge < -0.3 is 9.84 Å². The highest BCUT2D eigenvalue weighted by atomic mass is 79.9. The molecule has 2 rings (SSSR count). The Morgan fingerprint density at radius 2 is 2.24 bits per heavy atom. The molecule has 0 aliphatic heterocycles. The first kappa shape index (κ1) is 12.4. The van der Waals surface area contributed by atoms with E-state index in [1.54, 1.807) is 0 Å². The molecule has 1 aliphatic rings. The highest BCUT2D eigenvalue weighted by molar-refractivity contribution is 9.10. The SMILES string of the molecule is O=C(O)CCc1cc(Br)ccc1OCC1CC1. The summed E-state index contributed by atoms with van der Waals surface area (Å²) in [6.07, 6.45) is 3.15. The molecule has 1 N–H and O–H groups in total. The number of hydrogen-bond acceptors (Lipinski definition) is 2. The normalized spacial score (nSPS) is 14.6. The molecule has 92 valence electrons. The van der Waals surface area contributed by atoms with E-state index in [0.717, 1.165) is 22.4 Å². The molecule has 1 fully saturated rings. The fourth-order valence-corrected chi connectivity index (χ4v) is 2.03. The average Bonchev–Trinajstić information content (AvgIpc) is 3.09. The predicted molar refractivity (Wildman–Crippen MR) is 68.3 cm³/mol. The second kappa shape index (κ2) is 5.54. The lowest BCUT2D eigenvalue weighted by Gasteiger charge is -2.11. The number of benzene rings is 1. The second-order valence-electron chi connectivity index (χ2n) is 4.40. The van der Waals surface area contributed by atoms with Crippen LogP contribution >= 0.6 is 15.9 Å². The van der Waals surface area contributed by atoms with Gasteiger partial charge in [0.05, 0.1) is 6.61 Å². The molecule has 1 saturated carbocycles. The van der Waals surface area contributed by atoms with Crippen molar-refractivity contribution in [3.05, 3.63) is 28.2 Å². The van der Waals surface area contributed by atoms with Crippen molar-refractivity contribution in [1.82, 2.24) is 0 Å². The quantitative estimate of drug-likeness (QED) is 0.877. The van der Waals surface area contributed by atoms with Crippen LogP contribution in [0.4, 0.5) is 0 Å². The van der Waals surface area contributed by atoms with Crippen LogP contribution in [0.2, 0.25) is 0 Å². The summed E-state index contributed by atoms with van der Waals surface area (Å²) < 4.78 is 6.69. The van der Waals surface area contributed by atoms with Crippen molar-refractivity contribution in [3.8, 4) is 5.75 Å². The Hall–Kier alpha value is -1.03. The van der Waals surface area contributed by atoms with Gasteiger partial charge in [-0.05, 0) is 48.9 Å². The van der Waals surface area contributed by atoms with Gasteiger partial charge in [0.2, 0.25) is 0 Å². The van der Waals surface area contributed by atoms with E-state index in [9.17, 15) is 4.79 Å². The van der Waals surface area contributed by atoms with Gasteiger partial charge in [-0.3, -0.25) is 4.79 Å². The third-order valence-corrected chi connectivity index (χ3v) is 3.30. The lowest BCUT2D eigenvalue weighted by molar-refractivity contribution is -0.136. The summed E-state index contributed by atoms with van der Waals surface area (Å²) in [5, 5.41) is 8.71. The topological polar surface area (TPSA) is 46.5 Å². The van der Waals surface area contributed by atoms with Crippen LogP contribution in [0.5, 0.6) is 5.75 Å². The molecule has 0 spiro atoms. The monoisotopic (exact) mass is 298 g/mol. The molecule has 0 atom stereocenters. The van der Waals surface area contributed by atoms with Crippen LogP contribution in [0, 0.1) is 5.92 Å². The lowest BCUT2D eigenvalue weighted by Crippen LogP contribution is -2.04. The van der Waals surface area contributed by atoms with Gasteiger partial charge in [-0.1, -0.05) is 15.9 Å². The van der Waals surface area contributed by atoms with Crippen LogP contribution in [0.15, 0.2) is 22.7 Å². The van der Waals surface area contributed by atoms with Crippen LogP contribution in [0.3, 0.4) is 0 Å². The molecule has 1 aliphatic carbocycles. The first-order valence-corrected chi connectivity index (χ1v) is 6.57. The fourth-order valence-electron chi connectivity index (χ4n) is 1.62. The molecule has 0 aromatic heterocycles. The fraction of sp³-hybridized carbons (Fsp3) is 0.462. The van der Waals surface area contributed by atoms with Crippen molar-refractivity contribution < 1.29 is 14.6 Å². The maximum Gasteiger partial charge on any atom is 0.303 e. The number of ether oxygens (including phenoxy) is 1. The third kappa shape index (κ3) is 4.04. The van der Waals surface area contributed by atoms with Crippen LogP contribution in [-0.2, 0) is 11.2 Å². The molecular weight excluding hydrogens is 284 g/mol. The zero-order chi connectivity index (χ0) is 12.3. The zero-order valence-electron chi connectivity index (χ0n) is 9.49. The highest BCUT2D eigenvalue weighted by Crippen LogP contribution is 2.31. The number of aliphatic carboxylic acids is 1. The minimum atomic E-state index is -0.780. The summed E-state index contributed by atoms with van der Waals surface area (Å²) in [5.41, 5.74) is 0.961. The van der Waals surface area contributed by atoms with E-state index in [1.807, 2.05) is 18.2 Å². The van der Waals surface area contributed by atoms with Crippen molar-refractivity contribution in [1.29, 1.82) is 0 Å². The molecular formula is C13H15BrO3. The Balaban J connectivity index is 2.02. The number of carboxylic acids is 1.